The lowest BCUT2D eigenvalue weighted by molar-refractivity contribution is 0.492. The third-order valence-electron chi connectivity index (χ3n) is 5.39. The normalized spacial score (nSPS) is 17.8. The van der Waals surface area contributed by atoms with E-state index in [1.807, 2.05) is 48.7 Å². The fourth-order valence-electron chi connectivity index (χ4n) is 3.90. The standard InChI is InChI=1S/C24H23ClN4/c25-21-6-3-5-19(12-21)20-4-1-2-7-22(13-20)29-24(23-15-27-16-28-23)18-10-8-17(14-26)9-11-18/h3,5-6,8-13,15-16,22,24,29H,1-2,4,7H2,(H,27,28). The van der Waals surface area contributed by atoms with Crippen LogP contribution in [-0.4, -0.2) is 16.0 Å². The van der Waals surface area contributed by atoms with E-state index in [1.54, 1.807) is 6.33 Å². The number of allylic oxidation sites excluding steroid dienone is 1. The van der Waals surface area contributed by atoms with Gasteiger partial charge in [0.15, 0.2) is 0 Å². The number of rotatable bonds is 5. The van der Waals surface area contributed by atoms with Crippen LogP contribution in [0.2, 0.25) is 5.02 Å². The van der Waals surface area contributed by atoms with Crippen molar-refractivity contribution >= 4 is 17.2 Å². The van der Waals surface area contributed by atoms with E-state index in [9.17, 15) is 0 Å². The third-order valence-corrected chi connectivity index (χ3v) is 5.63. The van der Waals surface area contributed by atoms with Gasteiger partial charge in [0.1, 0.15) is 0 Å². The molecule has 2 N–H and O–H groups in total. The molecule has 0 amide bonds. The average molecular weight is 403 g/mol. The van der Waals surface area contributed by atoms with Crippen molar-refractivity contribution in [2.75, 3.05) is 0 Å². The van der Waals surface area contributed by atoms with Crippen LogP contribution < -0.4 is 5.32 Å². The summed E-state index contributed by atoms with van der Waals surface area (Å²) in [5.74, 6) is 0. The maximum atomic E-state index is 9.10. The van der Waals surface area contributed by atoms with E-state index in [4.69, 9.17) is 16.9 Å². The maximum absolute atomic E-state index is 9.10. The maximum Gasteiger partial charge on any atom is 0.0991 e. The first-order valence-electron chi connectivity index (χ1n) is 9.94. The van der Waals surface area contributed by atoms with Gasteiger partial charge in [0.2, 0.25) is 0 Å². The number of H-pyrrole nitrogens is 1. The van der Waals surface area contributed by atoms with Gasteiger partial charge >= 0.3 is 0 Å². The lowest BCUT2D eigenvalue weighted by Crippen LogP contribution is -2.32. The van der Waals surface area contributed by atoms with Crippen LogP contribution >= 0.6 is 11.6 Å². The first kappa shape index (κ1) is 19.4. The molecule has 3 aromatic rings. The van der Waals surface area contributed by atoms with Crippen molar-refractivity contribution in [3.8, 4) is 6.07 Å². The summed E-state index contributed by atoms with van der Waals surface area (Å²) in [5, 5.41) is 13.7. The Morgan fingerprint density at radius 3 is 2.76 bits per heavy atom. The number of imidazole rings is 1. The van der Waals surface area contributed by atoms with Crippen LogP contribution in [0.15, 0.2) is 67.1 Å². The van der Waals surface area contributed by atoms with Crippen LogP contribution in [-0.2, 0) is 0 Å². The summed E-state index contributed by atoms with van der Waals surface area (Å²) >= 11 is 6.22. The van der Waals surface area contributed by atoms with E-state index >= 15 is 0 Å². The van der Waals surface area contributed by atoms with E-state index < -0.39 is 0 Å². The second-order valence-corrected chi connectivity index (χ2v) is 7.83. The molecule has 2 unspecified atom stereocenters. The van der Waals surface area contributed by atoms with Gasteiger partial charge in [-0.05, 0) is 60.2 Å². The van der Waals surface area contributed by atoms with Gasteiger partial charge in [0, 0.05) is 17.3 Å². The number of nitrogens with zero attached hydrogens (tertiary/aromatic N) is 2. The Balaban J connectivity index is 1.63. The van der Waals surface area contributed by atoms with Gasteiger partial charge in [-0.1, -0.05) is 48.4 Å². The van der Waals surface area contributed by atoms with Crippen molar-refractivity contribution in [1.82, 2.24) is 15.3 Å². The predicted molar refractivity (Wildman–Crippen MR) is 116 cm³/mol. The third kappa shape index (κ3) is 4.76. The highest BCUT2D eigenvalue weighted by Gasteiger charge is 2.21. The van der Waals surface area contributed by atoms with Crippen LogP contribution in [0.5, 0.6) is 0 Å². The molecule has 0 spiro atoms. The molecule has 29 heavy (non-hydrogen) atoms. The number of nitriles is 1. The second-order valence-electron chi connectivity index (χ2n) is 7.39. The van der Waals surface area contributed by atoms with E-state index in [2.05, 4.69) is 33.5 Å². The molecule has 0 saturated heterocycles. The number of hydrogen-bond donors (Lipinski definition) is 2. The fraction of sp³-hybridized carbons (Fsp3) is 0.250. The molecule has 1 aliphatic carbocycles. The first-order valence-corrected chi connectivity index (χ1v) is 10.3. The zero-order chi connectivity index (χ0) is 20.1. The van der Waals surface area contributed by atoms with Crippen LogP contribution in [0.1, 0.15) is 54.1 Å². The van der Waals surface area contributed by atoms with Gasteiger partial charge in [-0.3, -0.25) is 5.32 Å². The molecule has 0 bridgehead atoms. The summed E-state index contributed by atoms with van der Waals surface area (Å²) in [6.07, 6.45) is 10.4. The molecule has 4 nitrogen and oxygen atoms in total. The molecule has 0 saturated carbocycles. The van der Waals surface area contributed by atoms with E-state index in [1.165, 1.54) is 24.0 Å². The summed E-state index contributed by atoms with van der Waals surface area (Å²) in [5.41, 5.74) is 5.31. The summed E-state index contributed by atoms with van der Waals surface area (Å²) in [6, 6.07) is 18.2. The Hall–Kier alpha value is -2.87. The van der Waals surface area contributed by atoms with E-state index in [0.717, 1.165) is 29.1 Å². The Morgan fingerprint density at radius 1 is 1.17 bits per heavy atom. The number of nitrogens with one attached hydrogen (secondary N) is 2. The Morgan fingerprint density at radius 2 is 2.03 bits per heavy atom. The number of aromatic amines is 1. The van der Waals surface area contributed by atoms with Gasteiger partial charge in [-0.15, -0.1) is 0 Å². The molecule has 0 fully saturated rings. The van der Waals surface area contributed by atoms with Crippen LogP contribution in [0, 0.1) is 11.3 Å². The number of benzene rings is 2. The minimum Gasteiger partial charge on any atom is -0.347 e. The highest BCUT2D eigenvalue weighted by Crippen LogP contribution is 2.30. The van der Waals surface area contributed by atoms with Crippen LogP contribution in [0.4, 0.5) is 0 Å². The molecule has 1 aliphatic rings. The first-order chi connectivity index (χ1) is 14.2. The smallest absolute Gasteiger partial charge is 0.0991 e. The SMILES string of the molecule is N#Cc1ccc(C(NC2C=C(c3cccc(Cl)c3)CCCC2)c2cnc[nH]2)cc1. The molecule has 4 rings (SSSR count). The fourth-order valence-corrected chi connectivity index (χ4v) is 4.09. The quantitative estimate of drug-likeness (QED) is 0.580. The van der Waals surface area contributed by atoms with Crippen LogP contribution in [0.25, 0.3) is 5.57 Å². The zero-order valence-corrected chi connectivity index (χ0v) is 16.9. The Labute approximate surface area is 176 Å². The average Bonchev–Trinajstić information content (AvgIpc) is 3.18. The largest absolute Gasteiger partial charge is 0.347 e. The summed E-state index contributed by atoms with van der Waals surface area (Å²) in [7, 11) is 0. The van der Waals surface area contributed by atoms with Crippen LogP contribution in [0.3, 0.4) is 0 Å². The highest BCUT2D eigenvalue weighted by atomic mass is 35.5. The lowest BCUT2D eigenvalue weighted by atomic mass is 9.99. The van der Waals surface area contributed by atoms with Gasteiger partial charge < -0.3 is 4.98 Å². The highest BCUT2D eigenvalue weighted by molar-refractivity contribution is 6.30. The predicted octanol–water partition coefficient (Wildman–Crippen LogP) is 5.64. The summed E-state index contributed by atoms with van der Waals surface area (Å²) < 4.78 is 0. The molecular weight excluding hydrogens is 380 g/mol. The zero-order valence-electron chi connectivity index (χ0n) is 16.1. The van der Waals surface area contributed by atoms with Crippen molar-refractivity contribution in [3.63, 3.8) is 0 Å². The van der Waals surface area contributed by atoms with Gasteiger partial charge in [0.25, 0.3) is 0 Å². The molecule has 2 atom stereocenters. The van der Waals surface area contributed by atoms with E-state index in [-0.39, 0.29) is 12.1 Å². The van der Waals surface area contributed by atoms with Crippen molar-refractivity contribution in [2.24, 2.45) is 0 Å². The minimum atomic E-state index is -0.0230. The summed E-state index contributed by atoms with van der Waals surface area (Å²) in [4.78, 5) is 7.45. The van der Waals surface area contributed by atoms with Gasteiger partial charge in [0.05, 0.1) is 29.7 Å². The monoisotopic (exact) mass is 402 g/mol. The van der Waals surface area contributed by atoms with Crippen molar-refractivity contribution in [2.45, 2.75) is 37.8 Å². The molecule has 0 aliphatic heterocycles. The van der Waals surface area contributed by atoms with E-state index in [0.29, 0.717) is 5.56 Å². The molecule has 5 heteroatoms. The van der Waals surface area contributed by atoms with Crippen molar-refractivity contribution in [1.29, 1.82) is 5.26 Å². The summed E-state index contributed by atoms with van der Waals surface area (Å²) in [6.45, 7) is 0. The molecule has 0 radical (unpaired) electrons. The number of aromatic nitrogens is 2. The van der Waals surface area contributed by atoms with Crippen molar-refractivity contribution < 1.29 is 0 Å². The van der Waals surface area contributed by atoms with Gasteiger partial charge in [-0.2, -0.15) is 5.26 Å². The topological polar surface area (TPSA) is 64.5 Å². The minimum absolute atomic E-state index is 0.0230. The molecule has 1 heterocycles. The second kappa shape index (κ2) is 9.09. The Kier molecular flexibility index (Phi) is 6.09. The number of hydrogen-bond acceptors (Lipinski definition) is 3. The van der Waals surface area contributed by atoms with Gasteiger partial charge in [-0.25, -0.2) is 4.98 Å². The molecule has 146 valence electrons. The molecule has 1 aromatic heterocycles. The molecule has 2 aromatic carbocycles. The Bertz CT molecular complexity index is 1020. The molecular formula is C24H23ClN4. The number of halogens is 1. The lowest BCUT2D eigenvalue weighted by Gasteiger charge is -2.24. The van der Waals surface area contributed by atoms with Crippen molar-refractivity contribution in [3.05, 3.63) is 94.5 Å².